The second-order valence-corrected chi connectivity index (χ2v) is 3.59. The molecule has 0 amide bonds. The Morgan fingerprint density at radius 3 is 2.86 bits per heavy atom. The fourth-order valence-corrected chi connectivity index (χ4v) is 1.28. The summed E-state index contributed by atoms with van der Waals surface area (Å²) in [5.74, 6) is -0.380. The number of anilines is 1. The van der Waals surface area contributed by atoms with Crippen LogP contribution in [-0.4, -0.2) is 17.7 Å². The zero-order valence-corrected chi connectivity index (χ0v) is 8.95. The van der Waals surface area contributed by atoms with E-state index >= 15 is 0 Å². The highest BCUT2D eigenvalue weighted by molar-refractivity contribution is 9.10. The summed E-state index contributed by atoms with van der Waals surface area (Å²) in [4.78, 5) is 10.2. The maximum atomic E-state index is 10.2. The third-order valence-corrected chi connectivity index (χ3v) is 2.04. The summed E-state index contributed by atoms with van der Waals surface area (Å²) in [7, 11) is 0. The van der Waals surface area contributed by atoms with Crippen LogP contribution in [0, 0.1) is 0 Å². The predicted molar refractivity (Wildman–Crippen MR) is 56.3 cm³/mol. The van der Waals surface area contributed by atoms with Gasteiger partial charge in [0, 0.05) is 4.47 Å². The van der Waals surface area contributed by atoms with E-state index in [2.05, 4.69) is 15.9 Å². The summed E-state index contributed by atoms with van der Waals surface area (Å²) in [5.41, 5.74) is 6.13. The Morgan fingerprint density at radius 1 is 1.57 bits per heavy atom. The van der Waals surface area contributed by atoms with Crippen LogP contribution in [0.25, 0.3) is 0 Å². The van der Waals surface area contributed by atoms with Crippen molar-refractivity contribution in [1.29, 1.82) is 0 Å². The molecule has 0 bridgehead atoms. The average Bonchev–Trinajstić information content (AvgIpc) is 2.08. The highest BCUT2D eigenvalue weighted by atomic mass is 79.9. The molecule has 76 valence electrons. The van der Waals surface area contributed by atoms with Gasteiger partial charge in [-0.25, -0.2) is 0 Å². The van der Waals surface area contributed by atoms with Crippen LogP contribution >= 0.6 is 15.9 Å². The largest absolute Gasteiger partial charge is 0.491 e. The van der Waals surface area contributed by atoms with Crippen molar-refractivity contribution < 1.29 is 14.6 Å². The molecule has 5 heteroatoms. The number of halogens is 1. The number of hydrogen-bond acceptors (Lipinski definition) is 3. The van der Waals surface area contributed by atoms with Gasteiger partial charge in [0.25, 0.3) is 0 Å². The molecule has 4 nitrogen and oxygen atoms in total. The summed E-state index contributed by atoms with van der Waals surface area (Å²) in [6, 6.07) is 5.18. The first-order valence-electron chi connectivity index (χ1n) is 3.99. The van der Waals surface area contributed by atoms with Gasteiger partial charge in [0.15, 0.2) is 0 Å². The van der Waals surface area contributed by atoms with Crippen molar-refractivity contribution >= 4 is 27.6 Å². The molecule has 0 aliphatic carbocycles. The van der Waals surface area contributed by atoms with Gasteiger partial charge in [-0.1, -0.05) is 15.9 Å². The first kappa shape index (κ1) is 10.8. The Morgan fingerprint density at radius 2 is 2.29 bits per heavy atom. The summed E-state index contributed by atoms with van der Waals surface area (Å²) < 4.78 is 6.04. The van der Waals surface area contributed by atoms with Gasteiger partial charge in [-0.15, -0.1) is 0 Å². The smallest absolute Gasteiger partial charge is 0.306 e. The Balaban J connectivity index is 2.55. The summed E-state index contributed by atoms with van der Waals surface area (Å²) in [5, 5.41) is 8.39. The molecule has 0 saturated carbocycles. The van der Waals surface area contributed by atoms with Gasteiger partial charge < -0.3 is 15.6 Å². The van der Waals surface area contributed by atoms with Crippen LogP contribution < -0.4 is 10.5 Å². The Kier molecular flexibility index (Phi) is 3.76. The lowest BCUT2D eigenvalue weighted by Crippen LogP contribution is -2.05. The van der Waals surface area contributed by atoms with Crippen molar-refractivity contribution in [2.45, 2.75) is 6.42 Å². The minimum Gasteiger partial charge on any atom is -0.491 e. The number of nitrogens with two attached hydrogens (primary N) is 1. The predicted octanol–water partition coefficient (Wildman–Crippen LogP) is 1.88. The fourth-order valence-electron chi connectivity index (χ4n) is 0.899. The van der Waals surface area contributed by atoms with E-state index in [1.165, 1.54) is 0 Å². The van der Waals surface area contributed by atoms with Crippen molar-refractivity contribution in [2.75, 3.05) is 12.3 Å². The van der Waals surface area contributed by atoms with Crippen molar-refractivity contribution in [1.82, 2.24) is 0 Å². The van der Waals surface area contributed by atoms with Crippen LogP contribution in [-0.2, 0) is 4.79 Å². The maximum absolute atomic E-state index is 10.2. The molecule has 0 aliphatic rings. The number of nitrogen functional groups attached to an aromatic ring is 1. The van der Waals surface area contributed by atoms with Gasteiger partial charge in [-0.3, -0.25) is 4.79 Å². The number of rotatable bonds is 4. The van der Waals surface area contributed by atoms with Gasteiger partial charge in [0.05, 0.1) is 18.7 Å². The standard InChI is InChI=1S/C9H10BrNO3/c10-6-1-2-8(7(11)5-6)14-4-3-9(12)13/h1-2,5H,3-4,11H2,(H,12,13). The maximum Gasteiger partial charge on any atom is 0.306 e. The molecule has 0 spiro atoms. The van der Waals surface area contributed by atoms with Crippen molar-refractivity contribution in [2.24, 2.45) is 0 Å². The average molecular weight is 260 g/mol. The molecule has 0 aliphatic heterocycles. The molecule has 14 heavy (non-hydrogen) atoms. The zero-order valence-electron chi connectivity index (χ0n) is 7.37. The Bertz CT molecular complexity index is 341. The SMILES string of the molecule is Nc1cc(Br)ccc1OCCC(=O)O. The number of hydrogen-bond donors (Lipinski definition) is 2. The van der Waals surface area contributed by atoms with Gasteiger partial charge in [0.2, 0.25) is 0 Å². The van der Waals surface area contributed by atoms with E-state index in [1.54, 1.807) is 18.2 Å². The van der Waals surface area contributed by atoms with Crippen molar-refractivity contribution in [3.63, 3.8) is 0 Å². The third kappa shape index (κ3) is 3.26. The van der Waals surface area contributed by atoms with Gasteiger partial charge in [-0.05, 0) is 18.2 Å². The number of benzene rings is 1. The molecule has 0 heterocycles. The molecular formula is C9H10BrNO3. The van der Waals surface area contributed by atoms with Crippen molar-refractivity contribution in [3.8, 4) is 5.75 Å². The van der Waals surface area contributed by atoms with E-state index in [1.807, 2.05) is 0 Å². The van der Waals surface area contributed by atoms with Gasteiger partial charge in [0.1, 0.15) is 5.75 Å². The monoisotopic (exact) mass is 259 g/mol. The Labute approximate surface area is 89.8 Å². The summed E-state index contributed by atoms with van der Waals surface area (Å²) in [6.07, 6.45) is -0.0322. The lowest BCUT2D eigenvalue weighted by atomic mass is 10.3. The van der Waals surface area contributed by atoms with E-state index in [4.69, 9.17) is 15.6 Å². The number of carboxylic acid groups (broad SMARTS) is 1. The highest BCUT2D eigenvalue weighted by Gasteiger charge is 2.02. The van der Waals surface area contributed by atoms with E-state index in [-0.39, 0.29) is 13.0 Å². The molecular weight excluding hydrogens is 250 g/mol. The lowest BCUT2D eigenvalue weighted by molar-refractivity contribution is -0.137. The molecule has 0 saturated heterocycles. The van der Waals surface area contributed by atoms with Crippen LogP contribution in [0.2, 0.25) is 0 Å². The molecule has 3 N–H and O–H groups in total. The normalized spacial score (nSPS) is 9.79. The van der Waals surface area contributed by atoms with E-state index in [9.17, 15) is 4.79 Å². The van der Waals surface area contributed by atoms with Crippen LogP contribution in [0.1, 0.15) is 6.42 Å². The van der Waals surface area contributed by atoms with Gasteiger partial charge in [-0.2, -0.15) is 0 Å². The first-order valence-corrected chi connectivity index (χ1v) is 4.78. The lowest BCUT2D eigenvalue weighted by Gasteiger charge is -2.07. The van der Waals surface area contributed by atoms with Crippen LogP contribution in [0.5, 0.6) is 5.75 Å². The molecule has 0 fully saturated rings. The number of carbonyl (C=O) groups is 1. The minimum atomic E-state index is -0.888. The molecule has 0 unspecified atom stereocenters. The molecule has 1 rings (SSSR count). The Hall–Kier alpha value is -1.23. The van der Waals surface area contributed by atoms with Crippen LogP contribution in [0.3, 0.4) is 0 Å². The fraction of sp³-hybridized carbons (Fsp3) is 0.222. The van der Waals surface area contributed by atoms with Gasteiger partial charge >= 0.3 is 5.97 Å². The van der Waals surface area contributed by atoms with E-state index in [0.29, 0.717) is 11.4 Å². The second-order valence-electron chi connectivity index (χ2n) is 2.67. The topological polar surface area (TPSA) is 72.5 Å². The quantitative estimate of drug-likeness (QED) is 0.811. The molecule has 0 aromatic heterocycles. The summed E-state index contributed by atoms with van der Waals surface area (Å²) >= 11 is 3.26. The molecule has 0 radical (unpaired) electrons. The van der Waals surface area contributed by atoms with Crippen LogP contribution in [0.4, 0.5) is 5.69 Å². The molecule has 1 aromatic rings. The van der Waals surface area contributed by atoms with Crippen LogP contribution in [0.15, 0.2) is 22.7 Å². The third-order valence-electron chi connectivity index (χ3n) is 1.55. The number of aliphatic carboxylic acids is 1. The molecule has 0 atom stereocenters. The second kappa shape index (κ2) is 4.85. The summed E-state index contributed by atoms with van der Waals surface area (Å²) in [6.45, 7) is 0.126. The van der Waals surface area contributed by atoms with E-state index < -0.39 is 5.97 Å². The number of ether oxygens (including phenoxy) is 1. The number of carboxylic acids is 1. The zero-order chi connectivity index (χ0) is 10.6. The van der Waals surface area contributed by atoms with Crippen molar-refractivity contribution in [3.05, 3.63) is 22.7 Å². The minimum absolute atomic E-state index is 0.0322. The first-order chi connectivity index (χ1) is 6.59. The van der Waals surface area contributed by atoms with E-state index in [0.717, 1.165) is 4.47 Å². The molecule has 1 aromatic carbocycles. The highest BCUT2D eigenvalue weighted by Crippen LogP contribution is 2.25.